The zero-order valence-electron chi connectivity index (χ0n) is 9.73. The maximum Gasteiger partial charge on any atom is 0.00982 e. The van der Waals surface area contributed by atoms with Crippen LogP contribution in [0.25, 0.3) is 0 Å². The van der Waals surface area contributed by atoms with Crippen LogP contribution in [0.4, 0.5) is 0 Å². The topological polar surface area (TPSA) is 3.24 Å². The Morgan fingerprint density at radius 2 is 2.12 bits per heavy atom. The summed E-state index contributed by atoms with van der Waals surface area (Å²) in [4.78, 5) is 2.54. The first-order valence-corrected chi connectivity index (χ1v) is 6.11. The van der Waals surface area contributed by atoms with Crippen LogP contribution in [-0.2, 0) is 0 Å². The molecule has 0 radical (unpaired) electrons. The van der Waals surface area contributed by atoms with Gasteiger partial charge in [0.2, 0.25) is 0 Å². The molecule has 16 heavy (non-hydrogen) atoms. The lowest BCUT2D eigenvalue weighted by atomic mass is 9.99. The van der Waals surface area contributed by atoms with Crippen molar-refractivity contribution in [2.45, 2.75) is 25.2 Å². The van der Waals surface area contributed by atoms with E-state index in [0.29, 0.717) is 0 Å². The monoisotopic (exact) mass is 213 g/mol. The smallest absolute Gasteiger partial charge is 0.00982 e. The van der Waals surface area contributed by atoms with Gasteiger partial charge in [0.25, 0.3) is 0 Å². The number of rotatable bonds is 4. The van der Waals surface area contributed by atoms with E-state index in [4.69, 9.17) is 6.42 Å². The molecule has 1 aliphatic heterocycles. The number of likely N-dealkylation sites (tertiary alicyclic amines) is 1. The van der Waals surface area contributed by atoms with Crippen LogP contribution in [0.5, 0.6) is 0 Å². The molecular formula is C15H19N. The van der Waals surface area contributed by atoms with Crippen LogP contribution < -0.4 is 0 Å². The molecule has 1 aromatic carbocycles. The highest BCUT2D eigenvalue weighted by molar-refractivity contribution is 5.20. The average molecular weight is 213 g/mol. The van der Waals surface area contributed by atoms with Crippen LogP contribution in [-0.4, -0.2) is 24.5 Å². The average Bonchev–Trinajstić information content (AvgIpc) is 2.79. The van der Waals surface area contributed by atoms with Crippen molar-refractivity contribution >= 4 is 0 Å². The first kappa shape index (κ1) is 11.2. The Kier molecular flexibility index (Phi) is 4.02. The molecule has 0 spiro atoms. The third kappa shape index (κ3) is 2.87. The fraction of sp³-hybridized carbons (Fsp3) is 0.467. The molecule has 84 valence electrons. The van der Waals surface area contributed by atoms with Gasteiger partial charge in [-0.2, -0.15) is 0 Å². The molecule has 1 heteroatoms. The minimum absolute atomic E-state index is 0.729. The summed E-state index contributed by atoms with van der Waals surface area (Å²) >= 11 is 0. The van der Waals surface area contributed by atoms with Gasteiger partial charge in [-0.15, -0.1) is 12.3 Å². The molecule has 1 saturated heterocycles. The number of benzene rings is 1. The first-order valence-electron chi connectivity index (χ1n) is 6.11. The van der Waals surface area contributed by atoms with E-state index in [1.165, 1.54) is 25.1 Å². The number of unbranched alkanes of at least 4 members (excludes halogenated alkanes) is 1. The van der Waals surface area contributed by atoms with Crippen molar-refractivity contribution < 1.29 is 0 Å². The van der Waals surface area contributed by atoms with Crippen molar-refractivity contribution in [2.24, 2.45) is 0 Å². The van der Waals surface area contributed by atoms with Crippen LogP contribution >= 0.6 is 0 Å². The van der Waals surface area contributed by atoms with Gasteiger partial charge in [-0.25, -0.2) is 0 Å². The quantitative estimate of drug-likeness (QED) is 0.549. The molecule has 1 aromatic rings. The van der Waals surface area contributed by atoms with Crippen LogP contribution in [0, 0.1) is 12.3 Å². The van der Waals surface area contributed by atoms with Gasteiger partial charge < -0.3 is 4.90 Å². The molecule has 1 aliphatic rings. The van der Waals surface area contributed by atoms with E-state index in [1.807, 2.05) is 0 Å². The van der Waals surface area contributed by atoms with Crippen molar-refractivity contribution in [3.05, 3.63) is 35.9 Å². The standard InChI is InChI=1S/C15H19N/c1-2-3-7-11-16-12-10-15(13-16)14-8-5-4-6-9-14/h1,4-6,8-9,15H,3,7,10-13H2. The molecule has 2 rings (SSSR count). The van der Waals surface area contributed by atoms with E-state index >= 15 is 0 Å². The molecule has 0 aromatic heterocycles. The summed E-state index contributed by atoms with van der Waals surface area (Å²) in [5.41, 5.74) is 1.49. The third-order valence-electron chi connectivity index (χ3n) is 3.34. The van der Waals surface area contributed by atoms with Crippen molar-refractivity contribution in [1.82, 2.24) is 4.90 Å². The molecule has 0 N–H and O–H groups in total. The fourth-order valence-electron chi connectivity index (χ4n) is 2.44. The minimum Gasteiger partial charge on any atom is -0.303 e. The summed E-state index contributed by atoms with van der Waals surface area (Å²) in [6, 6.07) is 10.8. The van der Waals surface area contributed by atoms with Gasteiger partial charge in [-0.3, -0.25) is 0 Å². The predicted octanol–water partition coefficient (Wildman–Crippen LogP) is 2.89. The van der Waals surface area contributed by atoms with Gasteiger partial charge in [0.1, 0.15) is 0 Å². The summed E-state index contributed by atoms with van der Waals surface area (Å²) in [6.45, 7) is 3.59. The number of terminal acetylenes is 1. The van der Waals surface area contributed by atoms with Crippen molar-refractivity contribution in [3.63, 3.8) is 0 Å². The fourth-order valence-corrected chi connectivity index (χ4v) is 2.44. The van der Waals surface area contributed by atoms with Crippen molar-refractivity contribution in [3.8, 4) is 12.3 Å². The van der Waals surface area contributed by atoms with Gasteiger partial charge in [-0.1, -0.05) is 30.3 Å². The SMILES string of the molecule is C#CCCCN1CCC(c2ccccc2)C1. The second-order valence-corrected chi connectivity index (χ2v) is 4.50. The van der Waals surface area contributed by atoms with Crippen LogP contribution in [0.2, 0.25) is 0 Å². The van der Waals surface area contributed by atoms with Gasteiger partial charge in [0.05, 0.1) is 0 Å². The minimum atomic E-state index is 0.729. The third-order valence-corrected chi connectivity index (χ3v) is 3.34. The predicted molar refractivity (Wildman–Crippen MR) is 68.3 cm³/mol. The number of hydrogen-bond acceptors (Lipinski definition) is 1. The Labute approximate surface area is 98.5 Å². The van der Waals surface area contributed by atoms with Gasteiger partial charge in [0.15, 0.2) is 0 Å². The molecule has 0 saturated carbocycles. The lowest BCUT2D eigenvalue weighted by Gasteiger charge is -2.15. The normalized spacial score (nSPS) is 20.8. The zero-order valence-corrected chi connectivity index (χ0v) is 9.73. The van der Waals surface area contributed by atoms with Crippen LogP contribution in [0.15, 0.2) is 30.3 Å². The van der Waals surface area contributed by atoms with Gasteiger partial charge in [-0.05, 0) is 37.4 Å². The van der Waals surface area contributed by atoms with E-state index < -0.39 is 0 Å². The molecular weight excluding hydrogens is 194 g/mol. The second kappa shape index (κ2) is 5.72. The van der Waals surface area contributed by atoms with E-state index in [2.05, 4.69) is 41.2 Å². The number of hydrogen-bond donors (Lipinski definition) is 0. The second-order valence-electron chi connectivity index (χ2n) is 4.50. The molecule has 0 aliphatic carbocycles. The highest BCUT2D eigenvalue weighted by Crippen LogP contribution is 2.26. The highest BCUT2D eigenvalue weighted by atomic mass is 15.1. The lowest BCUT2D eigenvalue weighted by Crippen LogP contribution is -2.21. The summed E-state index contributed by atoms with van der Waals surface area (Å²) in [6.07, 6.45) is 8.60. The van der Waals surface area contributed by atoms with Gasteiger partial charge in [0, 0.05) is 13.0 Å². The molecule has 1 nitrogen and oxygen atoms in total. The maximum absolute atomic E-state index is 5.26. The summed E-state index contributed by atoms with van der Waals surface area (Å²) in [5, 5.41) is 0. The summed E-state index contributed by atoms with van der Waals surface area (Å²) in [7, 11) is 0. The molecule has 1 fully saturated rings. The van der Waals surface area contributed by atoms with E-state index in [-0.39, 0.29) is 0 Å². The Bertz CT molecular complexity index is 349. The summed E-state index contributed by atoms with van der Waals surface area (Å²) < 4.78 is 0. The highest BCUT2D eigenvalue weighted by Gasteiger charge is 2.22. The van der Waals surface area contributed by atoms with Gasteiger partial charge >= 0.3 is 0 Å². The molecule has 1 atom stereocenters. The Morgan fingerprint density at radius 3 is 2.88 bits per heavy atom. The van der Waals surface area contributed by atoms with Crippen molar-refractivity contribution in [2.75, 3.05) is 19.6 Å². The first-order chi connectivity index (χ1) is 7.90. The molecule has 0 amide bonds. The molecule has 1 unspecified atom stereocenters. The largest absolute Gasteiger partial charge is 0.303 e. The van der Waals surface area contributed by atoms with Crippen molar-refractivity contribution in [1.29, 1.82) is 0 Å². The maximum atomic E-state index is 5.26. The van der Waals surface area contributed by atoms with E-state index in [1.54, 1.807) is 0 Å². The Balaban J connectivity index is 1.82. The van der Waals surface area contributed by atoms with E-state index in [0.717, 1.165) is 25.3 Å². The summed E-state index contributed by atoms with van der Waals surface area (Å²) in [5.74, 6) is 3.44. The molecule has 1 heterocycles. The Morgan fingerprint density at radius 1 is 1.31 bits per heavy atom. The van der Waals surface area contributed by atoms with Crippen LogP contribution in [0.3, 0.4) is 0 Å². The Hall–Kier alpha value is -1.26. The van der Waals surface area contributed by atoms with Crippen LogP contribution in [0.1, 0.15) is 30.7 Å². The number of nitrogens with zero attached hydrogens (tertiary/aromatic N) is 1. The zero-order chi connectivity index (χ0) is 11.2. The lowest BCUT2D eigenvalue weighted by molar-refractivity contribution is 0.331. The van der Waals surface area contributed by atoms with E-state index in [9.17, 15) is 0 Å². The molecule has 0 bridgehead atoms.